The zero-order chi connectivity index (χ0) is 11.4. The summed E-state index contributed by atoms with van der Waals surface area (Å²) >= 11 is 0. The van der Waals surface area contributed by atoms with Crippen molar-refractivity contribution >= 4 is 18.4 Å². The van der Waals surface area contributed by atoms with E-state index in [0.717, 1.165) is 5.56 Å². The lowest BCUT2D eigenvalue weighted by atomic mass is 10.1. The van der Waals surface area contributed by atoms with E-state index in [9.17, 15) is 9.90 Å². The van der Waals surface area contributed by atoms with E-state index in [4.69, 9.17) is 4.74 Å². The van der Waals surface area contributed by atoms with Gasteiger partial charge in [0.05, 0.1) is 13.2 Å². The maximum Gasteiger partial charge on any atom is 0.325 e. The Labute approximate surface area is 107 Å². The molecule has 0 aromatic heterocycles. The lowest BCUT2D eigenvalue weighted by Crippen LogP contribution is -2.42. The molecule has 1 aliphatic rings. The van der Waals surface area contributed by atoms with Crippen LogP contribution in [0.4, 0.5) is 0 Å². The fourth-order valence-electron chi connectivity index (χ4n) is 1.98. The molecule has 1 aliphatic heterocycles. The van der Waals surface area contributed by atoms with Crippen molar-refractivity contribution in [3.63, 3.8) is 0 Å². The van der Waals surface area contributed by atoms with E-state index in [1.54, 1.807) is 0 Å². The van der Waals surface area contributed by atoms with Gasteiger partial charge in [0.25, 0.3) is 0 Å². The van der Waals surface area contributed by atoms with E-state index in [0.29, 0.717) is 26.3 Å². The Morgan fingerprint density at radius 3 is 2.35 bits per heavy atom. The fourth-order valence-corrected chi connectivity index (χ4v) is 1.98. The molecule has 1 fully saturated rings. The normalized spacial score (nSPS) is 18.1. The molecule has 1 unspecified atom stereocenters. The highest BCUT2D eigenvalue weighted by molar-refractivity contribution is 5.85. The molecule has 0 radical (unpaired) electrons. The van der Waals surface area contributed by atoms with Crippen molar-refractivity contribution in [2.45, 2.75) is 6.04 Å². The van der Waals surface area contributed by atoms with Gasteiger partial charge in [-0.3, -0.25) is 9.69 Å². The third kappa shape index (κ3) is 3.43. The van der Waals surface area contributed by atoms with Gasteiger partial charge in [-0.05, 0) is 5.56 Å². The summed E-state index contributed by atoms with van der Waals surface area (Å²) in [5, 5.41) is 9.30. The molecule has 1 N–H and O–H groups in total. The Kier molecular flexibility index (Phi) is 5.41. The van der Waals surface area contributed by atoms with Gasteiger partial charge in [0.1, 0.15) is 6.04 Å². The van der Waals surface area contributed by atoms with Gasteiger partial charge < -0.3 is 9.84 Å². The average molecular weight is 258 g/mol. The Morgan fingerprint density at radius 1 is 1.24 bits per heavy atom. The molecule has 1 saturated heterocycles. The number of hydrogen-bond donors (Lipinski definition) is 1. The molecule has 4 nitrogen and oxygen atoms in total. The number of ether oxygens (including phenoxy) is 1. The van der Waals surface area contributed by atoms with Crippen molar-refractivity contribution in [3.8, 4) is 0 Å². The number of morpholine rings is 1. The first kappa shape index (κ1) is 14.0. The summed E-state index contributed by atoms with van der Waals surface area (Å²) in [6.07, 6.45) is 0. The maximum absolute atomic E-state index is 11.3. The minimum Gasteiger partial charge on any atom is -0.480 e. The van der Waals surface area contributed by atoms with Crippen molar-refractivity contribution < 1.29 is 14.6 Å². The zero-order valence-corrected chi connectivity index (χ0v) is 10.2. The first-order valence-corrected chi connectivity index (χ1v) is 5.38. The fraction of sp³-hybridized carbons (Fsp3) is 0.417. The molecular weight excluding hydrogens is 242 g/mol. The van der Waals surface area contributed by atoms with Crippen LogP contribution in [0.3, 0.4) is 0 Å². The predicted octanol–water partition coefficient (Wildman–Crippen LogP) is 1.57. The van der Waals surface area contributed by atoms with Crippen molar-refractivity contribution in [2.75, 3.05) is 26.3 Å². The van der Waals surface area contributed by atoms with E-state index >= 15 is 0 Å². The lowest BCUT2D eigenvalue weighted by molar-refractivity contribution is -0.145. The topological polar surface area (TPSA) is 49.8 Å². The van der Waals surface area contributed by atoms with Gasteiger partial charge in [-0.25, -0.2) is 0 Å². The highest BCUT2D eigenvalue weighted by atomic mass is 35.5. The van der Waals surface area contributed by atoms with E-state index in [2.05, 4.69) is 0 Å². The highest BCUT2D eigenvalue weighted by Gasteiger charge is 2.28. The van der Waals surface area contributed by atoms with Gasteiger partial charge in [-0.1, -0.05) is 30.3 Å². The minimum absolute atomic E-state index is 0. The average Bonchev–Trinajstić information content (AvgIpc) is 2.31. The van der Waals surface area contributed by atoms with Crippen molar-refractivity contribution in [1.82, 2.24) is 4.90 Å². The Bertz CT molecular complexity index is 352. The summed E-state index contributed by atoms with van der Waals surface area (Å²) < 4.78 is 5.23. The van der Waals surface area contributed by atoms with Crippen LogP contribution in [-0.2, 0) is 9.53 Å². The second-order valence-electron chi connectivity index (χ2n) is 3.80. The molecule has 0 bridgehead atoms. The van der Waals surface area contributed by atoms with Gasteiger partial charge in [-0.15, -0.1) is 12.4 Å². The summed E-state index contributed by atoms with van der Waals surface area (Å²) in [6.45, 7) is 2.56. The van der Waals surface area contributed by atoms with Crippen molar-refractivity contribution in [1.29, 1.82) is 0 Å². The van der Waals surface area contributed by atoms with Crippen LogP contribution in [0.25, 0.3) is 0 Å². The van der Waals surface area contributed by atoms with Crippen LogP contribution in [0.5, 0.6) is 0 Å². The van der Waals surface area contributed by atoms with Crippen LogP contribution < -0.4 is 0 Å². The Balaban J connectivity index is 0.00000144. The summed E-state index contributed by atoms with van der Waals surface area (Å²) in [6, 6.07) is 8.78. The molecule has 1 heterocycles. The van der Waals surface area contributed by atoms with E-state index in [1.165, 1.54) is 0 Å². The zero-order valence-electron chi connectivity index (χ0n) is 9.41. The lowest BCUT2D eigenvalue weighted by Gasteiger charge is -2.32. The molecule has 0 amide bonds. The van der Waals surface area contributed by atoms with Crippen LogP contribution in [-0.4, -0.2) is 42.3 Å². The number of carbonyl (C=O) groups is 1. The van der Waals surface area contributed by atoms with Crippen LogP contribution in [0, 0.1) is 0 Å². The number of rotatable bonds is 3. The van der Waals surface area contributed by atoms with Gasteiger partial charge in [0, 0.05) is 13.1 Å². The second-order valence-corrected chi connectivity index (χ2v) is 3.80. The van der Waals surface area contributed by atoms with Crippen LogP contribution in [0.15, 0.2) is 30.3 Å². The van der Waals surface area contributed by atoms with Crippen molar-refractivity contribution in [2.24, 2.45) is 0 Å². The second kappa shape index (κ2) is 6.59. The van der Waals surface area contributed by atoms with Gasteiger partial charge in [0.2, 0.25) is 0 Å². The number of hydrogen-bond acceptors (Lipinski definition) is 3. The molecule has 1 aromatic rings. The molecule has 2 rings (SSSR count). The molecule has 5 heteroatoms. The SMILES string of the molecule is Cl.O=C(O)C(c1ccccc1)N1CCOCC1. The molecule has 1 aromatic carbocycles. The summed E-state index contributed by atoms with van der Waals surface area (Å²) in [5.41, 5.74) is 0.830. The highest BCUT2D eigenvalue weighted by Crippen LogP contribution is 2.21. The Hall–Kier alpha value is -1.10. The molecule has 1 atom stereocenters. The monoisotopic (exact) mass is 257 g/mol. The van der Waals surface area contributed by atoms with Gasteiger partial charge in [-0.2, -0.15) is 0 Å². The van der Waals surface area contributed by atoms with Crippen LogP contribution >= 0.6 is 12.4 Å². The third-order valence-electron chi connectivity index (χ3n) is 2.76. The van der Waals surface area contributed by atoms with Gasteiger partial charge >= 0.3 is 5.97 Å². The third-order valence-corrected chi connectivity index (χ3v) is 2.76. The van der Waals surface area contributed by atoms with E-state index in [-0.39, 0.29) is 12.4 Å². The van der Waals surface area contributed by atoms with Crippen LogP contribution in [0.1, 0.15) is 11.6 Å². The smallest absolute Gasteiger partial charge is 0.325 e. The molecule has 0 spiro atoms. The number of aliphatic carboxylic acids is 1. The number of nitrogens with zero attached hydrogens (tertiary/aromatic N) is 1. The van der Waals surface area contributed by atoms with Crippen molar-refractivity contribution in [3.05, 3.63) is 35.9 Å². The maximum atomic E-state index is 11.3. The molecular formula is C12H16ClNO3. The number of carboxylic acid groups (broad SMARTS) is 1. The Morgan fingerprint density at radius 2 is 1.82 bits per heavy atom. The summed E-state index contributed by atoms with van der Waals surface area (Å²) in [4.78, 5) is 13.3. The summed E-state index contributed by atoms with van der Waals surface area (Å²) in [5.74, 6) is -0.798. The van der Waals surface area contributed by atoms with Gasteiger partial charge in [0.15, 0.2) is 0 Å². The molecule has 17 heavy (non-hydrogen) atoms. The van der Waals surface area contributed by atoms with E-state index < -0.39 is 12.0 Å². The summed E-state index contributed by atoms with van der Waals surface area (Å²) in [7, 11) is 0. The predicted molar refractivity (Wildman–Crippen MR) is 66.5 cm³/mol. The number of carboxylic acids is 1. The van der Waals surface area contributed by atoms with E-state index in [1.807, 2.05) is 35.2 Å². The quantitative estimate of drug-likeness (QED) is 0.893. The number of benzene rings is 1. The minimum atomic E-state index is -0.798. The largest absolute Gasteiger partial charge is 0.480 e. The molecule has 0 aliphatic carbocycles. The standard InChI is InChI=1S/C12H15NO3.ClH/c14-12(15)11(10-4-2-1-3-5-10)13-6-8-16-9-7-13;/h1-5,11H,6-9H2,(H,14,15);1H. The molecule has 0 saturated carbocycles. The number of halogens is 1. The first-order valence-electron chi connectivity index (χ1n) is 5.38. The first-order chi connectivity index (χ1) is 7.79. The van der Waals surface area contributed by atoms with Crippen LogP contribution in [0.2, 0.25) is 0 Å². The molecule has 94 valence electrons.